The van der Waals surface area contributed by atoms with Crippen molar-refractivity contribution in [2.45, 2.75) is 13.0 Å². The Morgan fingerprint density at radius 1 is 1.87 bits per heavy atom. The van der Waals surface area contributed by atoms with Gasteiger partial charge in [0.25, 0.3) is 5.91 Å². The molecule has 0 fully saturated rings. The summed E-state index contributed by atoms with van der Waals surface area (Å²) in [4.78, 5) is 11.4. The molecule has 1 aromatic rings. The van der Waals surface area contributed by atoms with Crippen molar-refractivity contribution in [2.24, 2.45) is 7.05 Å². The molecule has 1 unspecified atom stereocenters. The highest BCUT2D eigenvalue weighted by Crippen LogP contribution is 2.09. The molecule has 1 N–H and O–H groups in total. The van der Waals surface area contributed by atoms with Crippen LogP contribution < -0.4 is 10.1 Å². The maximum absolute atomic E-state index is 11.4. The zero-order chi connectivity index (χ0) is 11.3. The first kappa shape index (κ1) is 11.3. The van der Waals surface area contributed by atoms with Crippen molar-refractivity contribution in [3.05, 3.63) is 25.0 Å². The van der Waals surface area contributed by atoms with Crippen LogP contribution in [0.3, 0.4) is 0 Å². The van der Waals surface area contributed by atoms with E-state index in [1.807, 2.05) is 0 Å². The molecule has 0 spiro atoms. The standard InChI is InChI=1S/C10H15N3O2/c1-4-5-11-10(14)8(2)15-9-6-12-13(3)7-9/h4,6-8H,1,5H2,2-3H3,(H,11,14). The molecule has 5 nitrogen and oxygen atoms in total. The second-order valence-corrected chi connectivity index (χ2v) is 3.14. The molecule has 0 aliphatic carbocycles. The quantitative estimate of drug-likeness (QED) is 0.718. The van der Waals surface area contributed by atoms with Gasteiger partial charge in [-0.15, -0.1) is 6.58 Å². The van der Waals surface area contributed by atoms with Gasteiger partial charge >= 0.3 is 0 Å². The summed E-state index contributed by atoms with van der Waals surface area (Å²) in [5.41, 5.74) is 0. The first-order valence-electron chi connectivity index (χ1n) is 4.67. The van der Waals surface area contributed by atoms with Gasteiger partial charge in [-0.05, 0) is 6.92 Å². The van der Waals surface area contributed by atoms with Crippen LogP contribution in [0.25, 0.3) is 0 Å². The number of rotatable bonds is 5. The average molecular weight is 209 g/mol. The van der Waals surface area contributed by atoms with Gasteiger partial charge in [0.1, 0.15) is 0 Å². The lowest BCUT2D eigenvalue weighted by molar-refractivity contribution is -0.127. The summed E-state index contributed by atoms with van der Waals surface area (Å²) < 4.78 is 6.98. The highest BCUT2D eigenvalue weighted by atomic mass is 16.5. The van der Waals surface area contributed by atoms with Crippen LogP contribution >= 0.6 is 0 Å². The van der Waals surface area contributed by atoms with E-state index in [0.717, 1.165) is 0 Å². The van der Waals surface area contributed by atoms with Crippen molar-refractivity contribution in [1.82, 2.24) is 15.1 Å². The van der Waals surface area contributed by atoms with Gasteiger partial charge in [0.05, 0.1) is 12.4 Å². The van der Waals surface area contributed by atoms with E-state index < -0.39 is 6.10 Å². The Labute approximate surface area is 88.7 Å². The molecule has 1 atom stereocenters. The lowest BCUT2D eigenvalue weighted by Gasteiger charge is -2.11. The molecule has 1 aromatic heterocycles. The van der Waals surface area contributed by atoms with Crippen LogP contribution in [-0.4, -0.2) is 28.3 Å². The van der Waals surface area contributed by atoms with Gasteiger partial charge in [-0.2, -0.15) is 5.10 Å². The van der Waals surface area contributed by atoms with E-state index in [4.69, 9.17) is 4.74 Å². The molecule has 0 saturated carbocycles. The number of nitrogens with one attached hydrogen (secondary N) is 1. The van der Waals surface area contributed by atoms with E-state index in [0.29, 0.717) is 12.3 Å². The van der Waals surface area contributed by atoms with E-state index in [1.165, 1.54) is 0 Å². The maximum atomic E-state index is 11.4. The number of hydrogen-bond acceptors (Lipinski definition) is 3. The minimum Gasteiger partial charge on any atom is -0.478 e. The fraction of sp³-hybridized carbons (Fsp3) is 0.400. The van der Waals surface area contributed by atoms with Gasteiger partial charge in [0.2, 0.25) is 0 Å². The second kappa shape index (κ2) is 5.19. The number of aromatic nitrogens is 2. The normalized spacial score (nSPS) is 11.9. The van der Waals surface area contributed by atoms with Gasteiger partial charge in [-0.1, -0.05) is 6.08 Å². The Morgan fingerprint density at radius 2 is 2.60 bits per heavy atom. The Hall–Kier alpha value is -1.78. The number of ether oxygens (including phenoxy) is 1. The fourth-order valence-corrected chi connectivity index (χ4v) is 1.03. The van der Waals surface area contributed by atoms with Crippen molar-refractivity contribution >= 4 is 5.91 Å². The molecule has 0 radical (unpaired) electrons. The molecular weight excluding hydrogens is 194 g/mol. The van der Waals surface area contributed by atoms with Crippen LogP contribution in [0.4, 0.5) is 0 Å². The zero-order valence-electron chi connectivity index (χ0n) is 8.93. The monoisotopic (exact) mass is 209 g/mol. The van der Waals surface area contributed by atoms with Gasteiger partial charge in [0.15, 0.2) is 11.9 Å². The smallest absolute Gasteiger partial charge is 0.261 e. The predicted octanol–water partition coefficient (Wildman–Crippen LogP) is 0.490. The molecule has 0 saturated heterocycles. The number of carbonyl (C=O) groups excluding carboxylic acids is 1. The lowest BCUT2D eigenvalue weighted by Crippen LogP contribution is -2.36. The molecule has 5 heteroatoms. The predicted molar refractivity (Wildman–Crippen MR) is 56.5 cm³/mol. The topological polar surface area (TPSA) is 56.1 Å². The van der Waals surface area contributed by atoms with Crippen molar-refractivity contribution < 1.29 is 9.53 Å². The first-order valence-corrected chi connectivity index (χ1v) is 4.67. The van der Waals surface area contributed by atoms with Crippen LogP contribution in [0.2, 0.25) is 0 Å². The molecule has 0 bridgehead atoms. The van der Waals surface area contributed by atoms with Crippen molar-refractivity contribution in [3.8, 4) is 5.75 Å². The van der Waals surface area contributed by atoms with E-state index in [2.05, 4.69) is 17.0 Å². The van der Waals surface area contributed by atoms with Crippen LogP contribution in [0.5, 0.6) is 5.75 Å². The third-order valence-electron chi connectivity index (χ3n) is 1.78. The summed E-state index contributed by atoms with van der Waals surface area (Å²) >= 11 is 0. The fourth-order valence-electron chi connectivity index (χ4n) is 1.03. The molecule has 15 heavy (non-hydrogen) atoms. The summed E-state index contributed by atoms with van der Waals surface area (Å²) in [5.74, 6) is 0.414. The zero-order valence-corrected chi connectivity index (χ0v) is 8.93. The maximum Gasteiger partial charge on any atom is 0.261 e. The van der Waals surface area contributed by atoms with Crippen LogP contribution in [0, 0.1) is 0 Å². The third-order valence-corrected chi connectivity index (χ3v) is 1.78. The lowest BCUT2D eigenvalue weighted by atomic mass is 10.3. The Kier molecular flexibility index (Phi) is 3.91. The summed E-state index contributed by atoms with van der Waals surface area (Å²) in [6, 6.07) is 0. The van der Waals surface area contributed by atoms with Crippen LogP contribution in [-0.2, 0) is 11.8 Å². The molecule has 1 rings (SSSR count). The third kappa shape index (κ3) is 3.46. The molecule has 0 aliphatic rings. The van der Waals surface area contributed by atoms with Crippen molar-refractivity contribution in [2.75, 3.05) is 6.54 Å². The summed E-state index contributed by atoms with van der Waals surface area (Å²) in [6.07, 6.45) is 4.36. The second-order valence-electron chi connectivity index (χ2n) is 3.14. The number of hydrogen-bond donors (Lipinski definition) is 1. The number of aryl methyl sites for hydroxylation is 1. The Balaban J connectivity index is 2.44. The van der Waals surface area contributed by atoms with E-state index in [-0.39, 0.29) is 5.91 Å². The highest BCUT2D eigenvalue weighted by Gasteiger charge is 2.13. The summed E-state index contributed by atoms with van der Waals surface area (Å²) in [6.45, 7) is 5.64. The molecule has 82 valence electrons. The highest BCUT2D eigenvalue weighted by molar-refractivity contribution is 5.80. The van der Waals surface area contributed by atoms with Gasteiger partial charge < -0.3 is 10.1 Å². The van der Waals surface area contributed by atoms with E-state index in [9.17, 15) is 4.79 Å². The number of nitrogens with zero attached hydrogens (tertiary/aromatic N) is 2. The van der Waals surface area contributed by atoms with E-state index in [1.54, 1.807) is 37.1 Å². The summed E-state index contributed by atoms with van der Waals surface area (Å²) in [5, 5.41) is 6.58. The Bertz CT molecular complexity index is 346. The van der Waals surface area contributed by atoms with Gasteiger partial charge in [-0.25, -0.2) is 0 Å². The van der Waals surface area contributed by atoms with E-state index >= 15 is 0 Å². The molecular formula is C10H15N3O2. The molecule has 1 amide bonds. The average Bonchev–Trinajstić information content (AvgIpc) is 2.60. The first-order chi connectivity index (χ1) is 7.13. The summed E-state index contributed by atoms with van der Waals surface area (Å²) in [7, 11) is 1.79. The minimum absolute atomic E-state index is 0.168. The molecule has 0 aromatic carbocycles. The van der Waals surface area contributed by atoms with Gasteiger partial charge in [0, 0.05) is 13.6 Å². The Morgan fingerprint density at radius 3 is 3.13 bits per heavy atom. The van der Waals surface area contributed by atoms with Crippen molar-refractivity contribution in [3.63, 3.8) is 0 Å². The molecule has 1 heterocycles. The largest absolute Gasteiger partial charge is 0.478 e. The van der Waals surface area contributed by atoms with Crippen LogP contribution in [0.15, 0.2) is 25.0 Å². The number of amides is 1. The number of carbonyl (C=O) groups is 1. The minimum atomic E-state index is -0.533. The van der Waals surface area contributed by atoms with Gasteiger partial charge in [-0.3, -0.25) is 9.48 Å². The van der Waals surface area contributed by atoms with Crippen LogP contribution in [0.1, 0.15) is 6.92 Å². The molecule has 0 aliphatic heterocycles. The van der Waals surface area contributed by atoms with Crippen molar-refractivity contribution in [1.29, 1.82) is 0 Å². The SMILES string of the molecule is C=CCNC(=O)C(C)Oc1cnn(C)c1.